The molecule has 1 aliphatic rings. The summed E-state index contributed by atoms with van der Waals surface area (Å²) in [6, 6.07) is 7.90. The van der Waals surface area contributed by atoms with E-state index in [0.717, 1.165) is 17.9 Å². The maximum Gasteiger partial charge on any atom is 0.225 e. The Kier molecular flexibility index (Phi) is 5.15. The van der Waals surface area contributed by atoms with Crippen molar-refractivity contribution < 1.29 is 9.53 Å². The summed E-state index contributed by atoms with van der Waals surface area (Å²) in [4.78, 5) is 12.5. The van der Waals surface area contributed by atoms with Crippen LogP contribution in [0.25, 0.3) is 0 Å². The number of hydrogen-bond donors (Lipinski definition) is 2. The second-order valence-electron chi connectivity index (χ2n) is 6.27. The van der Waals surface area contributed by atoms with Crippen LogP contribution in [0, 0.1) is 12.8 Å². The van der Waals surface area contributed by atoms with Crippen molar-refractivity contribution in [3.63, 3.8) is 0 Å². The lowest BCUT2D eigenvalue weighted by Gasteiger charge is -2.17. The van der Waals surface area contributed by atoms with Gasteiger partial charge in [-0.3, -0.25) is 9.48 Å². The maximum atomic E-state index is 12.5. The molecule has 6 heteroatoms. The number of benzene rings is 1. The number of amides is 1. The minimum absolute atomic E-state index is 0.0615. The summed E-state index contributed by atoms with van der Waals surface area (Å²) in [5.74, 6) is 1.01. The molecule has 0 bridgehead atoms. The minimum Gasteiger partial charge on any atom is -0.492 e. The second-order valence-corrected chi connectivity index (χ2v) is 6.27. The summed E-state index contributed by atoms with van der Waals surface area (Å²) < 4.78 is 7.42. The molecular weight excluding hydrogens is 304 g/mol. The molecule has 1 aromatic carbocycles. The Labute approximate surface area is 142 Å². The van der Waals surface area contributed by atoms with Gasteiger partial charge in [0.2, 0.25) is 5.91 Å². The Balaban J connectivity index is 1.46. The Bertz CT molecular complexity index is 681. The molecule has 1 saturated heterocycles. The largest absolute Gasteiger partial charge is 0.492 e. The van der Waals surface area contributed by atoms with E-state index in [-0.39, 0.29) is 17.7 Å². The number of rotatable bonds is 6. The van der Waals surface area contributed by atoms with Gasteiger partial charge in [0, 0.05) is 32.3 Å². The molecule has 2 aromatic rings. The number of carbonyl (C=O) groups excluding carboxylic acids is 1. The first-order valence-corrected chi connectivity index (χ1v) is 8.30. The molecule has 2 heterocycles. The van der Waals surface area contributed by atoms with Gasteiger partial charge in [-0.05, 0) is 24.6 Å². The molecule has 0 radical (unpaired) electrons. The number of aromatic nitrogens is 2. The van der Waals surface area contributed by atoms with E-state index < -0.39 is 0 Å². The van der Waals surface area contributed by atoms with Crippen LogP contribution in [0.2, 0.25) is 0 Å². The van der Waals surface area contributed by atoms with E-state index in [1.165, 1.54) is 5.56 Å². The highest BCUT2D eigenvalue weighted by atomic mass is 16.5. The van der Waals surface area contributed by atoms with Crippen molar-refractivity contribution in [2.75, 3.05) is 26.2 Å². The maximum absolute atomic E-state index is 12.5. The van der Waals surface area contributed by atoms with E-state index in [4.69, 9.17) is 4.74 Å². The predicted molar refractivity (Wildman–Crippen MR) is 92.0 cm³/mol. The number of hydrogen-bond acceptors (Lipinski definition) is 4. The van der Waals surface area contributed by atoms with Crippen LogP contribution in [0.3, 0.4) is 0 Å². The van der Waals surface area contributed by atoms with Gasteiger partial charge in [-0.1, -0.05) is 17.7 Å². The van der Waals surface area contributed by atoms with Crippen LogP contribution in [0.1, 0.15) is 17.0 Å². The Morgan fingerprint density at radius 1 is 1.38 bits per heavy atom. The third-order valence-electron chi connectivity index (χ3n) is 4.39. The van der Waals surface area contributed by atoms with Crippen LogP contribution in [-0.4, -0.2) is 41.9 Å². The molecule has 0 aliphatic carbocycles. The summed E-state index contributed by atoms with van der Waals surface area (Å²) in [7, 11) is 1.89. The molecule has 2 atom stereocenters. The fraction of sp³-hybridized carbons (Fsp3) is 0.444. The summed E-state index contributed by atoms with van der Waals surface area (Å²) >= 11 is 0. The predicted octanol–water partition coefficient (Wildman–Crippen LogP) is 1.23. The normalized spacial score (nSPS) is 20.1. The van der Waals surface area contributed by atoms with E-state index in [2.05, 4.69) is 15.7 Å². The highest BCUT2D eigenvalue weighted by molar-refractivity contribution is 5.80. The fourth-order valence-electron chi connectivity index (χ4n) is 3.04. The van der Waals surface area contributed by atoms with Crippen LogP contribution in [-0.2, 0) is 11.8 Å². The first-order chi connectivity index (χ1) is 11.6. The number of carbonyl (C=O) groups is 1. The monoisotopic (exact) mass is 328 g/mol. The van der Waals surface area contributed by atoms with Crippen LogP contribution in [0.5, 0.6) is 5.75 Å². The molecular formula is C18H24N4O2. The quantitative estimate of drug-likeness (QED) is 0.783. The summed E-state index contributed by atoms with van der Waals surface area (Å²) in [6.45, 7) is 4.52. The standard InChI is InChI=1S/C18H24N4O2/c1-13-3-5-15(6-4-13)24-8-7-20-18(23)17-11-19-10-16(17)14-9-21-22(2)12-14/h3-6,9,12,16-17,19H,7-8,10-11H2,1-2H3,(H,20,23)/t16-,17+/m1/s1. The van der Waals surface area contributed by atoms with Crippen molar-refractivity contribution in [3.8, 4) is 5.75 Å². The second kappa shape index (κ2) is 7.49. The van der Waals surface area contributed by atoms with Gasteiger partial charge in [-0.2, -0.15) is 5.10 Å². The van der Waals surface area contributed by atoms with Crippen molar-refractivity contribution in [1.82, 2.24) is 20.4 Å². The van der Waals surface area contributed by atoms with E-state index in [0.29, 0.717) is 19.7 Å². The van der Waals surface area contributed by atoms with Gasteiger partial charge in [0.15, 0.2) is 0 Å². The summed E-state index contributed by atoms with van der Waals surface area (Å²) in [5, 5.41) is 10.5. The molecule has 1 amide bonds. The van der Waals surface area contributed by atoms with Gasteiger partial charge in [-0.15, -0.1) is 0 Å². The molecule has 6 nitrogen and oxygen atoms in total. The van der Waals surface area contributed by atoms with E-state index in [9.17, 15) is 4.79 Å². The number of aryl methyl sites for hydroxylation is 2. The molecule has 0 unspecified atom stereocenters. The van der Waals surface area contributed by atoms with Crippen LogP contribution < -0.4 is 15.4 Å². The third kappa shape index (κ3) is 3.94. The van der Waals surface area contributed by atoms with E-state index in [1.54, 1.807) is 4.68 Å². The molecule has 2 N–H and O–H groups in total. The lowest BCUT2D eigenvalue weighted by atomic mass is 9.90. The van der Waals surface area contributed by atoms with Crippen LogP contribution in [0.4, 0.5) is 0 Å². The number of nitrogens with zero attached hydrogens (tertiary/aromatic N) is 2. The van der Waals surface area contributed by atoms with Crippen molar-refractivity contribution in [1.29, 1.82) is 0 Å². The van der Waals surface area contributed by atoms with Gasteiger partial charge in [0.25, 0.3) is 0 Å². The zero-order valence-corrected chi connectivity index (χ0v) is 14.2. The van der Waals surface area contributed by atoms with Gasteiger partial charge in [0.05, 0.1) is 18.7 Å². The van der Waals surface area contributed by atoms with Crippen molar-refractivity contribution >= 4 is 5.91 Å². The lowest BCUT2D eigenvalue weighted by molar-refractivity contribution is -0.124. The minimum atomic E-state index is -0.0615. The van der Waals surface area contributed by atoms with Crippen molar-refractivity contribution in [2.45, 2.75) is 12.8 Å². The molecule has 24 heavy (non-hydrogen) atoms. The van der Waals surface area contributed by atoms with Crippen LogP contribution >= 0.6 is 0 Å². The van der Waals surface area contributed by atoms with Gasteiger partial charge < -0.3 is 15.4 Å². The lowest BCUT2D eigenvalue weighted by Crippen LogP contribution is -2.36. The molecule has 1 aliphatic heterocycles. The summed E-state index contributed by atoms with van der Waals surface area (Å²) in [6.07, 6.45) is 3.83. The van der Waals surface area contributed by atoms with Crippen molar-refractivity contribution in [2.24, 2.45) is 13.0 Å². The van der Waals surface area contributed by atoms with Gasteiger partial charge >= 0.3 is 0 Å². The summed E-state index contributed by atoms with van der Waals surface area (Å²) in [5.41, 5.74) is 2.31. The Hall–Kier alpha value is -2.34. The zero-order valence-electron chi connectivity index (χ0n) is 14.2. The topological polar surface area (TPSA) is 68.2 Å². The van der Waals surface area contributed by atoms with Gasteiger partial charge in [-0.25, -0.2) is 0 Å². The molecule has 0 saturated carbocycles. The Morgan fingerprint density at radius 3 is 2.88 bits per heavy atom. The van der Waals surface area contributed by atoms with E-state index >= 15 is 0 Å². The average molecular weight is 328 g/mol. The first-order valence-electron chi connectivity index (χ1n) is 8.30. The zero-order chi connectivity index (χ0) is 16.9. The average Bonchev–Trinajstić information content (AvgIpc) is 3.21. The first kappa shape index (κ1) is 16.5. The molecule has 1 aromatic heterocycles. The fourth-order valence-corrected chi connectivity index (χ4v) is 3.04. The highest BCUT2D eigenvalue weighted by Crippen LogP contribution is 2.27. The van der Waals surface area contributed by atoms with E-state index in [1.807, 2.05) is 50.6 Å². The SMILES string of the molecule is Cc1ccc(OCCNC(=O)[C@H]2CNC[C@@H]2c2cnn(C)c2)cc1. The highest BCUT2D eigenvalue weighted by Gasteiger charge is 2.34. The number of nitrogens with one attached hydrogen (secondary N) is 2. The smallest absolute Gasteiger partial charge is 0.225 e. The van der Waals surface area contributed by atoms with Crippen LogP contribution in [0.15, 0.2) is 36.7 Å². The molecule has 0 spiro atoms. The molecule has 1 fully saturated rings. The molecule has 3 rings (SSSR count). The van der Waals surface area contributed by atoms with Gasteiger partial charge in [0.1, 0.15) is 12.4 Å². The number of ether oxygens (including phenoxy) is 1. The third-order valence-corrected chi connectivity index (χ3v) is 4.39. The Morgan fingerprint density at radius 2 is 2.17 bits per heavy atom. The molecule has 128 valence electrons. The van der Waals surface area contributed by atoms with Crippen molar-refractivity contribution in [3.05, 3.63) is 47.8 Å².